The van der Waals surface area contributed by atoms with Gasteiger partial charge in [-0.05, 0) is 42.2 Å². The predicted molar refractivity (Wildman–Crippen MR) is 125 cm³/mol. The topological polar surface area (TPSA) is 55.4 Å². The zero-order valence-corrected chi connectivity index (χ0v) is 18.5. The summed E-state index contributed by atoms with van der Waals surface area (Å²) in [4.78, 5) is 4.42. The average molecular weight is 418 g/mol. The van der Waals surface area contributed by atoms with E-state index in [1.807, 2.05) is 43.4 Å². The lowest BCUT2D eigenvalue weighted by Crippen LogP contribution is -2.32. The van der Waals surface area contributed by atoms with E-state index in [1.165, 1.54) is 5.56 Å². The number of ether oxygens (including phenoxy) is 2. The number of benzene rings is 2. The Morgan fingerprint density at radius 1 is 0.968 bits per heavy atom. The highest BCUT2D eigenvalue weighted by Gasteiger charge is 2.23. The van der Waals surface area contributed by atoms with Gasteiger partial charge in [0.1, 0.15) is 5.75 Å². The number of hydrogen-bond acceptors (Lipinski definition) is 5. The molecule has 0 fully saturated rings. The highest BCUT2D eigenvalue weighted by atomic mass is 16.5. The van der Waals surface area contributed by atoms with E-state index in [4.69, 9.17) is 9.47 Å². The van der Waals surface area contributed by atoms with Crippen molar-refractivity contribution >= 4 is 0 Å². The van der Waals surface area contributed by atoms with E-state index in [1.54, 1.807) is 20.4 Å². The van der Waals surface area contributed by atoms with Crippen LogP contribution in [0.15, 0.2) is 85.2 Å². The molecule has 0 saturated heterocycles. The van der Waals surface area contributed by atoms with Gasteiger partial charge in [0, 0.05) is 30.5 Å². The number of rotatable bonds is 11. The van der Waals surface area contributed by atoms with Crippen molar-refractivity contribution in [2.24, 2.45) is 0 Å². The van der Waals surface area contributed by atoms with Crippen molar-refractivity contribution in [3.8, 4) is 11.6 Å². The molecule has 0 aliphatic rings. The molecular formula is C26H31N3O2. The van der Waals surface area contributed by atoms with Gasteiger partial charge in [-0.25, -0.2) is 4.98 Å². The molecule has 1 heterocycles. The van der Waals surface area contributed by atoms with Crippen molar-refractivity contribution in [3.63, 3.8) is 0 Å². The fourth-order valence-electron chi connectivity index (χ4n) is 3.66. The van der Waals surface area contributed by atoms with E-state index in [9.17, 15) is 0 Å². The van der Waals surface area contributed by atoms with E-state index >= 15 is 0 Å². The first kappa shape index (κ1) is 22.4. The van der Waals surface area contributed by atoms with Gasteiger partial charge in [-0.3, -0.25) is 5.32 Å². The van der Waals surface area contributed by atoms with Crippen molar-refractivity contribution in [3.05, 3.63) is 102 Å². The van der Waals surface area contributed by atoms with Crippen LogP contribution in [0.1, 0.15) is 35.2 Å². The second kappa shape index (κ2) is 11.2. The van der Waals surface area contributed by atoms with Gasteiger partial charge in [0.25, 0.3) is 0 Å². The van der Waals surface area contributed by atoms with Crippen molar-refractivity contribution in [1.82, 2.24) is 15.6 Å². The highest BCUT2D eigenvalue weighted by molar-refractivity contribution is 5.33. The van der Waals surface area contributed by atoms with E-state index in [2.05, 4.69) is 52.5 Å². The zero-order chi connectivity index (χ0) is 22.1. The summed E-state index contributed by atoms with van der Waals surface area (Å²) in [6.07, 6.45) is 3.52. The fraction of sp³-hybridized carbons (Fsp3) is 0.269. The van der Waals surface area contributed by atoms with Gasteiger partial charge in [0.05, 0.1) is 20.3 Å². The average Bonchev–Trinajstić information content (AvgIpc) is 2.84. The third-order valence-corrected chi connectivity index (χ3v) is 5.42. The number of aryl methyl sites for hydroxylation is 1. The standard InChI is InChI=1S/C26H31N3O2/c1-19(27-2)25(21-9-6-5-7-10-21)29-24(23-11-8-18-28-26(23)31-4)17-14-20-12-15-22(30-3)16-13-20/h5-13,15-16,18,24-25,27,29H,1,14,17H2,2-4H3/t24-,25+/m0/s1. The van der Waals surface area contributed by atoms with Gasteiger partial charge in [0.15, 0.2) is 0 Å². The van der Waals surface area contributed by atoms with Crippen LogP contribution in [-0.2, 0) is 6.42 Å². The smallest absolute Gasteiger partial charge is 0.217 e. The van der Waals surface area contributed by atoms with Gasteiger partial charge in [-0.15, -0.1) is 0 Å². The highest BCUT2D eigenvalue weighted by Crippen LogP contribution is 2.31. The Hall–Kier alpha value is -3.31. The van der Waals surface area contributed by atoms with Gasteiger partial charge in [-0.2, -0.15) is 0 Å². The fourth-order valence-corrected chi connectivity index (χ4v) is 3.66. The first-order chi connectivity index (χ1) is 15.2. The Labute approximate surface area is 185 Å². The second-order valence-corrected chi connectivity index (χ2v) is 7.33. The van der Waals surface area contributed by atoms with E-state index < -0.39 is 0 Å². The van der Waals surface area contributed by atoms with Crippen LogP contribution >= 0.6 is 0 Å². The molecule has 2 aromatic carbocycles. The minimum atomic E-state index is -0.0584. The lowest BCUT2D eigenvalue weighted by atomic mass is 9.96. The number of nitrogens with zero attached hydrogens (tertiary/aromatic N) is 1. The number of nitrogens with one attached hydrogen (secondary N) is 2. The Bertz CT molecular complexity index is 958. The van der Waals surface area contributed by atoms with Crippen LogP contribution in [0, 0.1) is 0 Å². The molecule has 1 aromatic heterocycles. The first-order valence-corrected chi connectivity index (χ1v) is 10.5. The van der Waals surface area contributed by atoms with E-state index in [0.717, 1.165) is 35.4 Å². The summed E-state index contributed by atoms with van der Waals surface area (Å²) >= 11 is 0. The molecule has 0 aliphatic carbocycles. The molecule has 3 aromatic rings. The molecule has 0 bridgehead atoms. The van der Waals surface area contributed by atoms with Gasteiger partial charge < -0.3 is 14.8 Å². The zero-order valence-electron chi connectivity index (χ0n) is 18.5. The van der Waals surface area contributed by atoms with Crippen LogP contribution in [0.4, 0.5) is 0 Å². The van der Waals surface area contributed by atoms with Gasteiger partial charge in [-0.1, -0.05) is 55.1 Å². The monoisotopic (exact) mass is 417 g/mol. The SMILES string of the molecule is C=C(NC)[C@@H](N[C@@H](CCc1ccc(OC)cc1)c1cccnc1OC)c1ccccc1. The van der Waals surface area contributed by atoms with Crippen LogP contribution in [0.3, 0.4) is 0 Å². The molecule has 0 amide bonds. The number of likely N-dealkylation sites (N-methyl/N-ethyl adjacent to an activating group) is 1. The Morgan fingerprint density at radius 3 is 2.35 bits per heavy atom. The molecule has 31 heavy (non-hydrogen) atoms. The summed E-state index contributed by atoms with van der Waals surface area (Å²) in [7, 11) is 5.24. The Balaban J connectivity index is 1.89. The second-order valence-electron chi connectivity index (χ2n) is 7.33. The van der Waals surface area contributed by atoms with Crippen molar-refractivity contribution in [1.29, 1.82) is 0 Å². The molecule has 0 unspecified atom stereocenters. The van der Waals surface area contributed by atoms with Crippen LogP contribution in [0.25, 0.3) is 0 Å². The first-order valence-electron chi connectivity index (χ1n) is 10.5. The summed E-state index contributed by atoms with van der Waals surface area (Å²) in [6.45, 7) is 4.24. The van der Waals surface area contributed by atoms with Gasteiger partial charge in [0.2, 0.25) is 5.88 Å². The summed E-state index contributed by atoms with van der Waals surface area (Å²) < 4.78 is 10.9. The molecule has 5 heteroatoms. The summed E-state index contributed by atoms with van der Waals surface area (Å²) in [5.41, 5.74) is 4.34. The lowest BCUT2D eigenvalue weighted by molar-refractivity contribution is 0.371. The van der Waals surface area contributed by atoms with Crippen LogP contribution in [-0.4, -0.2) is 26.3 Å². The molecule has 2 atom stereocenters. The quantitative estimate of drug-likeness (QED) is 0.468. The molecule has 2 N–H and O–H groups in total. The number of methoxy groups -OCH3 is 2. The van der Waals surface area contributed by atoms with Crippen LogP contribution in [0.5, 0.6) is 11.6 Å². The van der Waals surface area contributed by atoms with Crippen LogP contribution < -0.4 is 20.1 Å². The molecule has 3 rings (SSSR count). The summed E-state index contributed by atoms with van der Waals surface area (Å²) in [5.74, 6) is 1.50. The van der Waals surface area contributed by atoms with Crippen molar-refractivity contribution in [2.45, 2.75) is 24.9 Å². The van der Waals surface area contributed by atoms with E-state index in [0.29, 0.717) is 5.88 Å². The summed E-state index contributed by atoms with van der Waals surface area (Å²) in [5, 5.41) is 7.02. The minimum absolute atomic E-state index is 0.0149. The third-order valence-electron chi connectivity index (χ3n) is 5.42. The number of pyridine rings is 1. The number of hydrogen-bond donors (Lipinski definition) is 2. The number of aromatic nitrogens is 1. The predicted octanol–water partition coefficient (Wildman–Crippen LogP) is 4.84. The normalized spacial score (nSPS) is 12.6. The molecule has 0 radical (unpaired) electrons. The lowest BCUT2D eigenvalue weighted by Gasteiger charge is -2.28. The van der Waals surface area contributed by atoms with Crippen molar-refractivity contribution in [2.75, 3.05) is 21.3 Å². The molecule has 162 valence electrons. The van der Waals surface area contributed by atoms with Crippen molar-refractivity contribution < 1.29 is 9.47 Å². The molecule has 5 nitrogen and oxygen atoms in total. The molecule has 0 spiro atoms. The Kier molecular flexibility index (Phi) is 8.07. The van der Waals surface area contributed by atoms with Gasteiger partial charge >= 0.3 is 0 Å². The molecular weight excluding hydrogens is 386 g/mol. The maximum Gasteiger partial charge on any atom is 0.217 e. The largest absolute Gasteiger partial charge is 0.497 e. The summed E-state index contributed by atoms with van der Waals surface area (Å²) in [6, 6.07) is 22.5. The molecule has 0 saturated carbocycles. The third kappa shape index (κ3) is 5.86. The van der Waals surface area contributed by atoms with Crippen LogP contribution in [0.2, 0.25) is 0 Å². The van der Waals surface area contributed by atoms with E-state index in [-0.39, 0.29) is 12.1 Å². The molecule has 0 aliphatic heterocycles. The maximum atomic E-state index is 5.58. The maximum absolute atomic E-state index is 5.58. The minimum Gasteiger partial charge on any atom is -0.497 e. The Morgan fingerprint density at radius 2 is 1.71 bits per heavy atom.